The number of hydrogen-bond donors (Lipinski definition) is 0. The molecule has 0 fully saturated rings. The van der Waals surface area contributed by atoms with Crippen molar-refractivity contribution < 1.29 is 4.87 Å². The van der Waals surface area contributed by atoms with E-state index in [1.807, 2.05) is 78.9 Å². The molecule has 0 aliphatic rings. The van der Waals surface area contributed by atoms with Gasteiger partial charge in [-0.1, -0.05) is 59.6 Å². The summed E-state index contributed by atoms with van der Waals surface area (Å²) in [5.41, 5.74) is 2.23. The van der Waals surface area contributed by atoms with E-state index in [9.17, 15) is 4.91 Å². The molecule has 0 aliphatic carbocycles. The van der Waals surface area contributed by atoms with E-state index in [2.05, 4.69) is 0 Å². The maximum atomic E-state index is 12.8. The fourth-order valence-corrected chi connectivity index (χ4v) is 2.17. The van der Waals surface area contributed by atoms with Crippen LogP contribution in [0.3, 0.4) is 0 Å². The van der Waals surface area contributed by atoms with Gasteiger partial charge in [0.2, 0.25) is 0 Å². The Kier molecular flexibility index (Phi) is 3.74. The Morgan fingerprint density at radius 3 is 1.38 bits per heavy atom. The van der Waals surface area contributed by atoms with Crippen LogP contribution in [0.2, 0.25) is 0 Å². The molecule has 0 saturated carbocycles. The summed E-state index contributed by atoms with van der Waals surface area (Å²) in [6, 6.07) is 28.4. The van der Waals surface area contributed by atoms with Gasteiger partial charge >= 0.3 is 0 Å². The summed E-state index contributed by atoms with van der Waals surface area (Å²) in [7, 11) is 0. The second-order valence-corrected chi connectivity index (χ2v) is 4.59. The second kappa shape index (κ2) is 6.01. The van der Waals surface area contributed by atoms with Crippen LogP contribution < -0.4 is 5.01 Å². The van der Waals surface area contributed by atoms with Gasteiger partial charge in [0, 0.05) is 12.1 Å². The lowest BCUT2D eigenvalue weighted by molar-refractivity contribution is -0.466. The van der Waals surface area contributed by atoms with Crippen molar-refractivity contribution in [2.75, 3.05) is 5.01 Å². The van der Waals surface area contributed by atoms with Crippen LogP contribution in [0.5, 0.6) is 0 Å². The predicted molar refractivity (Wildman–Crippen MR) is 84.8 cm³/mol. The Morgan fingerprint density at radius 1 is 0.571 bits per heavy atom. The normalized spacial score (nSPS) is 10.1. The van der Waals surface area contributed by atoms with Crippen molar-refractivity contribution >= 4 is 17.1 Å². The van der Waals surface area contributed by atoms with E-state index in [1.54, 1.807) is 17.1 Å². The number of hydrazine groups is 1. The number of nitrogens with zero attached hydrogens (tertiary/aromatic N) is 2. The van der Waals surface area contributed by atoms with Gasteiger partial charge < -0.3 is 0 Å². The molecule has 0 bridgehead atoms. The van der Waals surface area contributed by atoms with Crippen LogP contribution in [-0.2, 0) is 0 Å². The number of nitroso groups, excluding NO2 is 1. The van der Waals surface area contributed by atoms with E-state index >= 15 is 0 Å². The molecule has 3 nitrogen and oxygen atoms in total. The number of hydrogen-bond acceptors (Lipinski definition) is 1. The monoisotopic (exact) mass is 275 g/mol. The van der Waals surface area contributed by atoms with Gasteiger partial charge in [-0.25, -0.2) is 0 Å². The highest BCUT2D eigenvalue weighted by atomic mass is 16.3. The Bertz CT molecular complexity index is 672. The molecule has 3 heteroatoms. The molecule has 0 N–H and O–H groups in total. The minimum atomic E-state index is 0.588. The maximum absolute atomic E-state index is 12.8. The minimum absolute atomic E-state index is 0.588. The summed E-state index contributed by atoms with van der Waals surface area (Å²) in [6.07, 6.45) is 0. The summed E-state index contributed by atoms with van der Waals surface area (Å²) in [5.74, 6) is 0. The lowest BCUT2D eigenvalue weighted by Gasteiger charge is -2.14. The fourth-order valence-electron chi connectivity index (χ4n) is 2.17. The standard InChI is InChI=1S/C18H15N2O/c21-20(18-14-8-3-9-15-18)19(16-10-4-1-5-11-16)17-12-6-2-7-13-17/h1-15H/q+1. The van der Waals surface area contributed by atoms with Crippen molar-refractivity contribution in [2.45, 2.75) is 0 Å². The van der Waals surface area contributed by atoms with Gasteiger partial charge in [-0.15, -0.1) is 0 Å². The molecule has 21 heavy (non-hydrogen) atoms. The van der Waals surface area contributed by atoms with Crippen LogP contribution in [0.1, 0.15) is 0 Å². The smallest absolute Gasteiger partial charge is 0.0699 e. The van der Waals surface area contributed by atoms with Gasteiger partial charge in [-0.2, -0.15) is 0 Å². The largest absolute Gasteiger partial charge is 0.293 e. The van der Waals surface area contributed by atoms with Crippen LogP contribution in [0.4, 0.5) is 17.1 Å². The van der Waals surface area contributed by atoms with Gasteiger partial charge in [-0.3, -0.25) is 0 Å². The molecule has 0 radical (unpaired) electrons. The van der Waals surface area contributed by atoms with E-state index in [-0.39, 0.29) is 0 Å². The Labute approximate surface area is 123 Å². The third-order valence-corrected chi connectivity index (χ3v) is 3.16. The molecule has 102 valence electrons. The fraction of sp³-hybridized carbons (Fsp3) is 0. The summed E-state index contributed by atoms with van der Waals surface area (Å²) < 4.78 is 0. The summed E-state index contributed by atoms with van der Waals surface area (Å²) >= 11 is 0. The van der Waals surface area contributed by atoms with E-state index in [4.69, 9.17) is 0 Å². The first-order chi connectivity index (χ1) is 10.4. The molecule has 0 aliphatic heterocycles. The number of para-hydroxylation sites is 3. The first-order valence-electron chi connectivity index (χ1n) is 6.79. The van der Waals surface area contributed by atoms with Gasteiger partial charge in [0.25, 0.3) is 5.69 Å². The van der Waals surface area contributed by atoms with E-state index in [0.29, 0.717) is 5.69 Å². The number of rotatable bonds is 4. The van der Waals surface area contributed by atoms with Crippen LogP contribution in [0.15, 0.2) is 91.0 Å². The average molecular weight is 275 g/mol. The van der Waals surface area contributed by atoms with Crippen LogP contribution in [0.25, 0.3) is 0 Å². The highest BCUT2D eigenvalue weighted by Crippen LogP contribution is 2.28. The second-order valence-electron chi connectivity index (χ2n) is 4.59. The molecule has 0 heterocycles. The number of anilines is 2. The van der Waals surface area contributed by atoms with Crippen LogP contribution >= 0.6 is 0 Å². The summed E-state index contributed by atoms with van der Waals surface area (Å²) in [5, 5.41) is 1.65. The third-order valence-electron chi connectivity index (χ3n) is 3.16. The Balaban J connectivity index is 2.07. The van der Waals surface area contributed by atoms with Crippen molar-refractivity contribution in [1.29, 1.82) is 0 Å². The molecular formula is C18H15N2O+. The van der Waals surface area contributed by atoms with E-state index in [0.717, 1.165) is 16.2 Å². The van der Waals surface area contributed by atoms with Crippen molar-refractivity contribution in [2.24, 2.45) is 0 Å². The molecule has 0 saturated heterocycles. The molecular weight excluding hydrogens is 260 g/mol. The van der Waals surface area contributed by atoms with Crippen molar-refractivity contribution in [1.82, 2.24) is 0 Å². The maximum Gasteiger partial charge on any atom is 0.293 e. The van der Waals surface area contributed by atoms with Crippen LogP contribution in [-0.4, -0.2) is 4.87 Å². The van der Waals surface area contributed by atoms with Crippen molar-refractivity contribution in [3.63, 3.8) is 0 Å². The van der Waals surface area contributed by atoms with E-state index < -0.39 is 0 Å². The van der Waals surface area contributed by atoms with Gasteiger partial charge in [0.15, 0.2) is 4.87 Å². The molecule has 3 rings (SSSR count). The Morgan fingerprint density at radius 2 is 0.952 bits per heavy atom. The Hall–Kier alpha value is -2.94. The van der Waals surface area contributed by atoms with Gasteiger partial charge in [0.05, 0.1) is 4.91 Å². The molecule has 0 atom stereocenters. The van der Waals surface area contributed by atoms with Crippen LogP contribution in [0, 0.1) is 4.91 Å². The zero-order valence-corrected chi connectivity index (χ0v) is 11.5. The molecule has 3 aromatic rings. The minimum Gasteiger partial charge on any atom is -0.0699 e. The summed E-state index contributed by atoms with van der Waals surface area (Å²) in [4.78, 5) is 13.7. The zero-order valence-electron chi connectivity index (χ0n) is 11.5. The average Bonchev–Trinajstić information content (AvgIpc) is 2.58. The predicted octanol–water partition coefficient (Wildman–Crippen LogP) is 4.85. The molecule has 0 amide bonds. The van der Waals surface area contributed by atoms with Crippen molar-refractivity contribution in [3.05, 3.63) is 95.9 Å². The SMILES string of the molecule is O=[N+](c1ccccc1)N(c1ccccc1)c1ccccc1. The molecule has 0 aromatic heterocycles. The zero-order chi connectivity index (χ0) is 14.5. The molecule has 0 unspecified atom stereocenters. The third kappa shape index (κ3) is 2.82. The van der Waals surface area contributed by atoms with Crippen molar-refractivity contribution in [3.8, 4) is 0 Å². The van der Waals surface area contributed by atoms with Gasteiger partial charge in [0.1, 0.15) is 11.4 Å². The quantitative estimate of drug-likeness (QED) is 0.502. The lowest BCUT2D eigenvalue weighted by Crippen LogP contribution is -2.25. The summed E-state index contributed by atoms with van der Waals surface area (Å²) in [6.45, 7) is 0. The highest BCUT2D eigenvalue weighted by molar-refractivity contribution is 5.60. The molecule has 0 spiro atoms. The molecule has 3 aromatic carbocycles. The highest BCUT2D eigenvalue weighted by Gasteiger charge is 2.27. The number of benzene rings is 3. The first kappa shape index (κ1) is 13.1. The van der Waals surface area contributed by atoms with Gasteiger partial charge in [-0.05, 0) is 24.3 Å². The lowest BCUT2D eigenvalue weighted by atomic mass is 10.2. The first-order valence-corrected chi connectivity index (χ1v) is 6.79. The van der Waals surface area contributed by atoms with E-state index in [1.165, 1.54) is 0 Å². The topological polar surface area (TPSA) is 23.3 Å².